The van der Waals surface area contributed by atoms with Crippen LogP contribution < -0.4 is 9.80 Å². The third kappa shape index (κ3) is 3.88. The summed E-state index contributed by atoms with van der Waals surface area (Å²) in [6.07, 6.45) is -0.394. The average Bonchev–Trinajstić information content (AvgIpc) is 3.53. The first-order valence-electron chi connectivity index (χ1n) is 14.4. The van der Waals surface area contributed by atoms with Crippen LogP contribution in [0.15, 0.2) is 78.9 Å². The molecule has 0 radical (unpaired) electrons. The minimum absolute atomic E-state index is 0.0800. The van der Waals surface area contributed by atoms with Crippen molar-refractivity contribution in [3.63, 3.8) is 0 Å². The second-order valence-electron chi connectivity index (χ2n) is 12.2. The highest BCUT2D eigenvalue weighted by molar-refractivity contribution is 6.24. The van der Waals surface area contributed by atoms with Crippen LogP contribution in [0.3, 0.4) is 0 Å². The summed E-state index contributed by atoms with van der Waals surface area (Å²) >= 11 is 0. The molecule has 8 heteroatoms. The molecule has 2 aliphatic heterocycles. The molecule has 0 N–H and O–H groups in total. The molecule has 0 aromatic heterocycles. The predicted molar refractivity (Wildman–Crippen MR) is 157 cm³/mol. The number of imide groups is 1. The highest BCUT2D eigenvalue weighted by atomic mass is 16.6. The second kappa shape index (κ2) is 9.82. The number of benzene rings is 3. The molecule has 3 aliphatic rings. The Labute approximate surface area is 245 Å². The van der Waals surface area contributed by atoms with Gasteiger partial charge >= 0.3 is 12.1 Å². The molecular weight excluding hydrogens is 532 g/mol. The minimum atomic E-state index is -1.49. The van der Waals surface area contributed by atoms with Crippen LogP contribution in [0.25, 0.3) is 0 Å². The van der Waals surface area contributed by atoms with Gasteiger partial charge in [-0.2, -0.15) is 0 Å². The van der Waals surface area contributed by atoms with E-state index in [1.54, 1.807) is 56.9 Å². The number of anilines is 2. The summed E-state index contributed by atoms with van der Waals surface area (Å²) in [5.74, 6) is -2.64. The highest BCUT2D eigenvalue weighted by Crippen LogP contribution is 2.65. The van der Waals surface area contributed by atoms with Crippen LogP contribution in [0.4, 0.5) is 16.2 Å². The molecule has 3 aromatic carbocycles. The molecule has 1 aliphatic carbocycles. The highest BCUT2D eigenvalue weighted by Gasteiger charge is 2.74. The van der Waals surface area contributed by atoms with Crippen molar-refractivity contribution in [2.45, 2.75) is 63.5 Å². The SMILES string of the molecule is CCOC(=O)[C@@H]1[C@@]2(CC[C@]13C(=O)N(Cc1ccccc1)c1ccccc13)C(=O)N(C(=O)OC(C)(C)C)c1ccccc12. The van der Waals surface area contributed by atoms with E-state index in [2.05, 4.69) is 0 Å². The number of carbonyl (C=O) groups is 4. The van der Waals surface area contributed by atoms with Crippen molar-refractivity contribution in [3.05, 3.63) is 95.6 Å². The van der Waals surface area contributed by atoms with E-state index in [0.29, 0.717) is 29.0 Å². The minimum Gasteiger partial charge on any atom is -0.466 e. The molecule has 8 nitrogen and oxygen atoms in total. The molecule has 3 atom stereocenters. The number of rotatable bonds is 4. The number of carbonyl (C=O) groups excluding carboxylic acids is 4. The van der Waals surface area contributed by atoms with Gasteiger partial charge < -0.3 is 14.4 Å². The summed E-state index contributed by atoms with van der Waals surface area (Å²) in [4.78, 5) is 59.9. The molecule has 0 bridgehead atoms. The lowest BCUT2D eigenvalue weighted by atomic mass is 9.64. The Hall–Kier alpha value is -4.46. The molecule has 3 amide bonds. The molecular formula is C34H34N2O6. The molecule has 6 rings (SSSR count). The van der Waals surface area contributed by atoms with Crippen LogP contribution >= 0.6 is 0 Å². The number of hydrogen-bond donors (Lipinski definition) is 0. The number of hydrogen-bond acceptors (Lipinski definition) is 6. The summed E-state index contributed by atoms with van der Waals surface area (Å²) in [5.41, 5.74) is -0.461. The van der Waals surface area contributed by atoms with Gasteiger partial charge in [0, 0.05) is 5.69 Å². The Balaban J connectivity index is 1.54. The van der Waals surface area contributed by atoms with Crippen LogP contribution in [0, 0.1) is 5.92 Å². The number of para-hydroxylation sites is 2. The number of fused-ring (bicyclic) bond motifs is 4. The fourth-order valence-electron chi connectivity index (χ4n) is 7.21. The maximum absolute atomic E-state index is 14.8. The lowest BCUT2D eigenvalue weighted by Crippen LogP contribution is -2.55. The molecule has 0 unspecified atom stereocenters. The lowest BCUT2D eigenvalue weighted by molar-refractivity contribution is -0.156. The van der Waals surface area contributed by atoms with Crippen molar-refractivity contribution in [3.8, 4) is 0 Å². The van der Waals surface area contributed by atoms with Crippen molar-refractivity contribution in [2.24, 2.45) is 5.92 Å². The first-order valence-corrected chi connectivity index (χ1v) is 14.4. The van der Waals surface area contributed by atoms with Gasteiger partial charge in [-0.15, -0.1) is 0 Å². The molecule has 0 saturated heterocycles. The Morgan fingerprint density at radius 3 is 1.98 bits per heavy atom. The summed E-state index contributed by atoms with van der Waals surface area (Å²) in [6.45, 7) is 7.29. The van der Waals surface area contributed by atoms with Crippen LogP contribution in [-0.4, -0.2) is 36.1 Å². The van der Waals surface area contributed by atoms with Crippen LogP contribution in [0.1, 0.15) is 57.2 Å². The molecule has 1 fully saturated rings. The van der Waals surface area contributed by atoms with Crippen molar-refractivity contribution in [1.82, 2.24) is 0 Å². The molecule has 216 valence electrons. The molecule has 1 saturated carbocycles. The fraction of sp³-hybridized carbons (Fsp3) is 0.353. The van der Waals surface area contributed by atoms with Crippen LogP contribution in [0.2, 0.25) is 0 Å². The maximum atomic E-state index is 14.8. The first-order chi connectivity index (χ1) is 20.1. The third-order valence-electron chi connectivity index (χ3n) is 8.69. The zero-order chi connectivity index (χ0) is 29.9. The summed E-state index contributed by atoms with van der Waals surface area (Å²) in [6, 6.07) is 24.1. The van der Waals surface area contributed by atoms with Crippen molar-refractivity contribution < 1.29 is 28.7 Å². The molecule has 2 spiro atoms. The van der Waals surface area contributed by atoms with E-state index in [1.165, 1.54) is 0 Å². The van der Waals surface area contributed by atoms with Crippen LogP contribution in [-0.2, 0) is 41.2 Å². The van der Waals surface area contributed by atoms with E-state index >= 15 is 0 Å². The topological polar surface area (TPSA) is 93.2 Å². The van der Waals surface area contributed by atoms with E-state index in [9.17, 15) is 19.2 Å². The van der Waals surface area contributed by atoms with E-state index in [4.69, 9.17) is 9.47 Å². The predicted octanol–water partition coefficient (Wildman–Crippen LogP) is 5.66. The fourth-order valence-corrected chi connectivity index (χ4v) is 7.21. The third-order valence-corrected chi connectivity index (χ3v) is 8.69. The first kappa shape index (κ1) is 27.7. The van der Waals surface area contributed by atoms with E-state index < -0.39 is 40.3 Å². The van der Waals surface area contributed by atoms with Gasteiger partial charge in [-0.3, -0.25) is 14.4 Å². The Morgan fingerprint density at radius 1 is 0.810 bits per heavy atom. The maximum Gasteiger partial charge on any atom is 0.421 e. The van der Waals surface area contributed by atoms with Gasteiger partial charge in [0.25, 0.3) is 0 Å². The van der Waals surface area contributed by atoms with Gasteiger partial charge in [0.1, 0.15) is 5.60 Å². The second-order valence-corrected chi connectivity index (χ2v) is 12.2. The average molecular weight is 567 g/mol. The quantitative estimate of drug-likeness (QED) is 0.378. The van der Waals surface area contributed by atoms with Crippen LogP contribution in [0.5, 0.6) is 0 Å². The zero-order valence-corrected chi connectivity index (χ0v) is 24.3. The normalized spacial score (nSPS) is 24.3. The Morgan fingerprint density at radius 2 is 1.36 bits per heavy atom. The monoisotopic (exact) mass is 566 g/mol. The largest absolute Gasteiger partial charge is 0.466 e. The molecule has 3 aromatic rings. The number of esters is 1. The smallest absolute Gasteiger partial charge is 0.421 e. The Kier molecular flexibility index (Phi) is 6.48. The number of amides is 3. The van der Waals surface area contributed by atoms with Crippen molar-refractivity contribution in [1.29, 1.82) is 0 Å². The van der Waals surface area contributed by atoms with Gasteiger partial charge in [-0.05, 0) is 69.4 Å². The van der Waals surface area contributed by atoms with Gasteiger partial charge in [-0.1, -0.05) is 66.7 Å². The standard InChI is InChI=1S/C34H34N2O6/c1-5-41-28(37)27-33(23-15-9-11-17-25(23)35(29(33)38)21-22-13-7-6-8-14-22)19-20-34(27)24-16-10-12-18-26(24)36(30(34)39)31(40)42-32(2,3)4/h6-18,27H,5,19-21H2,1-4H3/t27-,33+,34-/m0/s1. The summed E-state index contributed by atoms with van der Waals surface area (Å²) in [5, 5.41) is 0. The Bertz CT molecular complexity index is 1590. The van der Waals surface area contributed by atoms with E-state index in [-0.39, 0.29) is 25.4 Å². The molecule has 2 heterocycles. The summed E-state index contributed by atoms with van der Waals surface area (Å²) in [7, 11) is 0. The number of nitrogens with zero attached hydrogens (tertiary/aromatic N) is 2. The molecule has 42 heavy (non-hydrogen) atoms. The van der Waals surface area contributed by atoms with E-state index in [0.717, 1.165) is 10.5 Å². The lowest BCUT2D eigenvalue weighted by Gasteiger charge is -2.36. The van der Waals surface area contributed by atoms with Gasteiger partial charge in [0.2, 0.25) is 11.8 Å². The number of ether oxygens (including phenoxy) is 2. The van der Waals surface area contributed by atoms with Crippen molar-refractivity contribution in [2.75, 3.05) is 16.4 Å². The van der Waals surface area contributed by atoms with Gasteiger partial charge in [-0.25, -0.2) is 9.69 Å². The van der Waals surface area contributed by atoms with Crippen molar-refractivity contribution >= 4 is 35.3 Å². The zero-order valence-electron chi connectivity index (χ0n) is 24.3. The van der Waals surface area contributed by atoms with Gasteiger partial charge in [0.05, 0.1) is 35.6 Å². The van der Waals surface area contributed by atoms with Gasteiger partial charge in [0.15, 0.2) is 0 Å². The van der Waals surface area contributed by atoms with E-state index in [1.807, 2.05) is 54.6 Å². The summed E-state index contributed by atoms with van der Waals surface area (Å²) < 4.78 is 11.3.